The maximum atomic E-state index is 13.3. The number of halogens is 2. The third-order valence-corrected chi connectivity index (χ3v) is 4.03. The average Bonchev–Trinajstić information content (AvgIpc) is 2.96. The molecule has 130 valence electrons. The smallest absolute Gasteiger partial charge is 0.236 e. The van der Waals surface area contributed by atoms with Crippen LogP contribution in [0.5, 0.6) is 0 Å². The number of likely N-dealkylation sites (N-methyl/N-ethyl adjacent to an activating group) is 2. The maximum Gasteiger partial charge on any atom is 0.236 e. The zero-order valence-corrected chi connectivity index (χ0v) is 14.5. The first-order valence-electron chi connectivity index (χ1n) is 7.75. The van der Waals surface area contributed by atoms with Crippen LogP contribution < -0.4 is 16.2 Å². The molecule has 1 aromatic rings. The van der Waals surface area contributed by atoms with Crippen LogP contribution in [0.3, 0.4) is 0 Å². The first-order chi connectivity index (χ1) is 10.6. The number of benzene rings is 1. The van der Waals surface area contributed by atoms with E-state index in [2.05, 4.69) is 16.2 Å². The van der Waals surface area contributed by atoms with E-state index in [1.165, 1.54) is 6.07 Å². The molecule has 1 heterocycles. The summed E-state index contributed by atoms with van der Waals surface area (Å²) in [5, 5.41) is 2.86. The third-order valence-electron chi connectivity index (χ3n) is 4.03. The minimum atomic E-state index is -0.201. The number of carbonyl (C=O) groups is 1. The summed E-state index contributed by atoms with van der Waals surface area (Å²) < 4.78 is 13.3. The number of hydrazine groups is 1. The van der Waals surface area contributed by atoms with Crippen LogP contribution in [-0.4, -0.2) is 44.0 Å². The summed E-state index contributed by atoms with van der Waals surface area (Å²) in [7, 11) is 3.60. The van der Waals surface area contributed by atoms with Gasteiger partial charge >= 0.3 is 0 Å². The van der Waals surface area contributed by atoms with E-state index in [4.69, 9.17) is 0 Å². The normalized spacial score (nSPS) is 20.1. The van der Waals surface area contributed by atoms with E-state index in [1.54, 1.807) is 24.1 Å². The zero-order chi connectivity index (χ0) is 15.9. The molecule has 1 fully saturated rings. The zero-order valence-electron chi connectivity index (χ0n) is 13.6. The Bertz CT molecular complexity index is 503. The fraction of sp³-hybridized carbons (Fsp3) is 0.562. The molecule has 2 unspecified atom stereocenters. The Morgan fingerprint density at radius 3 is 2.91 bits per heavy atom. The second kappa shape index (κ2) is 9.82. The Morgan fingerprint density at radius 2 is 2.22 bits per heavy atom. The van der Waals surface area contributed by atoms with E-state index < -0.39 is 0 Å². The van der Waals surface area contributed by atoms with Crippen LogP contribution in [0.25, 0.3) is 0 Å². The molecule has 0 radical (unpaired) electrons. The predicted octanol–water partition coefficient (Wildman–Crippen LogP) is 1.61. The van der Waals surface area contributed by atoms with Gasteiger partial charge in [0, 0.05) is 25.7 Å². The van der Waals surface area contributed by atoms with E-state index in [0.29, 0.717) is 12.6 Å². The van der Waals surface area contributed by atoms with E-state index in [-0.39, 0.29) is 30.2 Å². The molecule has 23 heavy (non-hydrogen) atoms. The van der Waals surface area contributed by atoms with Gasteiger partial charge in [0.2, 0.25) is 5.91 Å². The van der Waals surface area contributed by atoms with Gasteiger partial charge in [-0.3, -0.25) is 15.6 Å². The van der Waals surface area contributed by atoms with Crippen LogP contribution in [0, 0.1) is 5.82 Å². The number of carbonyl (C=O) groups excluding carboxylic acids is 1. The Labute approximate surface area is 143 Å². The fourth-order valence-corrected chi connectivity index (χ4v) is 2.74. The monoisotopic (exact) mass is 344 g/mol. The van der Waals surface area contributed by atoms with E-state index in [0.717, 1.165) is 31.4 Å². The minimum absolute atomic E-state index is 0. The van der Waals surface area contributed by atoms with Crippen LogP contribution in [0.15, 0.2) is 24.3 Å². The number of hydrogen-bond donors (Lipinski definition) is 3. The van der Waals surface area contributed by atoms with Gasteiger partial charge in [0.15, 0.2) is 0 Å². The van der Waals surface area contributed by atoms with Crippen LogP contribution >= 0.6 is 12.4 Å². The molecule has 5 nitrogen and oxygen atoms in total. The lowest BCUT2D eigenvalue weighted by Gasteiger charge is -2.18. The van der Waals surface area contributed by atoms with Gasteiger partial charge < -0.3 is 10.2 Å². The molecule has 3 N–H and O–H groups in total. The van der Waals surface area contributed by atoms with E-state index in [1.807, 2.05) is 13.1 Å². The average molecular weight is 345 g/mol. The summed E-state index contributed by atoms with van der Waals surface area (Å²) in [6.45, 7) is 1.13. The molecule has 2 rings (SSSR count). The van der Waals surface area contributed by atoms with Gasteiger partial charge in [0.05, 0.1) is 6.54 Å². The second-order valence-electron chi connectivity index (χ2n) is 5.82. The summed E-state index contributed by atoms with van der Waals surface area (Å²) >= 11 is 0. The highest BCUT2D eigenvalue weighted by Gasteiger charge is 2.24. The van der Waals surface area contributed by atoms with Gasteiger partial charge in [-0.2, -0.15) is 0 Å². The Balaban J connectivity index is 0.00000264. The van der Waals surface area contributed by atoms with E-state index in [9.17, 15) is 9.18 Å². The summed E-state index contributed by atoms with van der Waals surface area (Å²) in [5.74, 6) is -0.0925. The predicted molar refractivity (Wildman–Crippen MR) is 91.9 cm³/mol. The van der Waals surface area contributed by atoms with Crippen LogP contribution in [-0.2, 0) is 4.79 Å². The van der Waals surface area contributed by atoms with Gasteiger partial charge in [0.25, 0.3) is 0 Å². The molecule has 1 saturated heterocycles. The summed E-state index contributed by atoms with van der Waals surface area (Å²) in [5.41, 5.74) is 7.46. The lowest BCUT2D eigenvalue weighted by atomic mass is 9.99. The molecule has 1 aliphatic heterocycles. The molecule has 1 amide bonds. The number of nitrogens with zero attached hydrogens (tertiary/aromatic N) is 1. The Morgan fingerprint density at radius 1 is 1.43 bits per heavy atom. The summed E-state index contributed by atoms with van der Waals surface area (Å²) in [4.78, 5) is 13.4. The van der Waals surface area contributed by atoms with Gasteiger partial charge in [-0.25, -0.2) is 4.39 Å². The van der Waals surface area contributed by atoms with Crippen molar-refractivity contribution in [3.8, 4) is 0 Å². The highest BCUT2D eigenvalue weighted by molar-refractivity contribution is 5.85. The molecule has 0 aliphatic carbocycles. The molecule has 1 aromatic carbocycles. The lowest BCUT2D eigenvalue weighted by molar-refractivity contribution is -0.128. The molecule has 0 saturated carbocycles. The van der Waals surface area contributed by atoms with Crippen molar-refractivity contribution < 1.29 is 9.18 Å². The van der Waals surface area contributed by atoms with Crippen molar-refractivity contribution in [3.63, 3.8) is 0 Å². The topological polar surface area (TPSA) is 56.4 Å². The Kier molecular flexibility index (Phi) is 8.47. The lowest BCUT2D eigenvalue weighted by Crippen LogP contribution is -2.36. The molecule has 0 aromatic heterocycles. The quantitative estimate of drug-likeness (QED) is 0.703. The first kappa shape index (κ1) is 19.8. The molecule has 1 aliphatic rings. The van der Waals surface area contributed by atoms with Gasteiger partial charge in [0.1, 0.15) is 5.82 Å². The largest absolute Gasteiger partial charge is 0.345 e. The van der Waals surface area contributed by atoms with Crippen molar-refractivity contribution in [1.29, 1.82) is 0 Å². The number of amides is 1. The number of rotatable bonds is 7. The maximum absolute atomic E-state index is 13.3. The van der Waals surface area contributed by atoms with Crippen molar-refractivity contribution in [2.24, 2.45) is 0 Å². The first-order valence-corrected chi connectivity index (χ1v) is 7.75. The van der Waals surface area contributed by atoms with Crippen molar-refractivity contribution >= 4 is 18.3 Å². The van der Waals surface area contributed by atoms with Gasteiger partial charge in [-0.1, -0.05) is 12.1 Å². The van der Waals surface area contributed by atoms with Gasteiger partial charge in [-0.15, -0.1) is 12.4 Å². The van der Waals surface area contributed by atoms with Crippen molar-refractivity contribution in [1.82, 2.24) is 21.1 Å². The summed E-state index contributed by atoms with van der Waals surface area (Å²) in [6, 6.07) is 7.20. The fourth-order valence-electron chi connectivity index (χ4n) is 2.74. The molecule has 0 bridgehead atoms. The van der Waals surface area contributed by atoms with Crippen LogP contribution in [0.2, 0.25) is 0 Å². The molecule has 2 atom stereocenters. The SMILES string of the molecule is CNCC(=O)N(C)CCCC1CC(c2cccc(F)c2)NN1.Cl. The molecule has 7 heteroatoms. The van der Waals surface area contributed by atoms with Crippen molar-refractivity contribution in [2.75, 3.05) is 27.2 Å². The second-order valence-corrected chi connectivity index (χ2v) is 5.82. The van der Waals surface area contributed by atoms with Gasteiger partial charge in [-0.05, 0) is 44.0 Å². The number of nitrogens with one attached hydrogen (secondary N) is 3. The minimum Gasteiger partial charge on any atom is -0.345 e. The van der Waals surface area contributed by atoms with Crippen molar-refractivity contribution in [3.05, 3.63) is 35.6 Å². The standard InChI is InChI=1S/C16H25FN4O.ClH/c1-18-11-16(22)21(2)8-4-7-14-10-15(20-19-14)12-5-3-6-13(17)9-12;/h3,5-6,9,14-15,18-20H,4,7-8,10-11H2,1-2H3;1H. The van der Waals surface area contributed by atoms with Crippen molar-refractivity contribution in [2.45, 2.75) is 31.3 Å². The number of hydrogen-bond acceptors (Lipinski definition) is 4. The Hall–Kier alpha value is -1.21. The molecule has 0 spiro atoms. The van der Waals surface area contributed by atoms with Crippen LogP contribution in [0.1, 0.15) is 30.9 Å². The highest BCUT2D eigenvalue weighted by atomic mass is 35.5. The highest BCUT2D eigenvalue weighted by Crippen LogP contribution is 2.24. The molecular weight excluding hydrogens is 319 g/mol. The van der Waals surface area contributed by atoms with E-state index >= 15 is 0 Å². The van der Waals surface area contributed by atoms with Crippen LogP contribution in [0.4, 0.5) is 4.39 Å². The third kappa shape index (κ3) is 6.06. The summed E-state index contributed by atoms with van der Waals surface area (Å²) in [6.07, 6.45) is 2.86. The molecular formula is C16H26ClFN4O.